The molecule has 1 N–H and O–H groups in total. The van der Waals surface area contributed by atoms with Crippen LogP contribution in [0.15, 0.2) is 60.7 Å². The summed E-state index contributed by atoms with van der Waals surface area (Å²) in [5.74, 6) is 0. The van der Waals surface area contributed by atoms with E-state index in [4.69, 9.17) is 0 Å². The number of hydrogen-bond acceptors (Lipinski definition) is 2. The Morgan fingerprint density at radius 3 is 2.15 bits per heavy atom. The first-order chi connectivity index (χ1) is 13.3. The van der Waals surface area contributed by atoms with Gasteiger partial charge in [-0.05, 0) is 30.4 Å². The Bertz CT molecular complexity index is 735. The van der Waals surface area contributed by atoms with E-state index in [-0.39, 0.29) is 11.4 Å². The zero-order valence-electron chi connectivity index (χ0n) is 15.9. The number of amides is 2. The minimum Gasteiger partial charge on any atom is -0.337 e. The van der Waals surface area contributed by atoms with Crippen LogP contribution in [0.5, 0.6) is 0 Å². The fourth-order valence-corrected chi connectivity index (χ4v) is 3.97. The third-order valence-electron chi connectivity index (χ3n) is 6.04. The summed E-state index contributed by atoms with van der Waals surface area (Å²) in [5, 5.41) is 3.19. The van der Waals surface area contributed by atoms with E-state index in [2.05, 4.69) is 70.9 Å². The second kappa shape index (κ2) is 8.13. The Hall–Kier alpha value is -2.33. The summed E-state index contributed by atoms with van der Waals surface area (Å²) < 4.78 is 0. The molecule has 1 aliphatic carbocycles. The van der Waals surface area contributed by atoms with Crippen molar-refractivity contribution in [2.45, 2.75) is 24.7 Å². The SMILES string of the molecule is O=C(NCC1(c2ccccc2)CC1)N1CCN(CCc2ccccc2)CC1. The summed E-state index contributed by atoms with van der Waals surface area (Å²) in [6, 6.07) is 21.3. The number of carbonyl (C=O) groups is 1. The first-order valence-electron chi connectivity index (χ1n) is 10.1. The van der Waals surface area contributed by atoms with Crippen molar-refractivity contribution in [3.8, 4) is 0 Å². The van der Waals surface area contributed by atoms with Crippen molar-refractivity contribution >= 4 is 6.03 Å². The van der Waals surface area contributed by atoms with E-state index in [1.807, 2.05) is 4.90 Å². The van der Waals surface area contributed by atoms with Gasteiger partial charge in [0.05, 0.1) is 0 Å². The number of rotatable bonds is 6. The van der Waals surface area contributed by atoms with Crippen molar-refractivity contribution in [3.63, 3.8) is 0 Å². The van der Waals surface area contributed by atoms with Crippen LogP contribution in [0.2, 0.25) is 0 Å². The van der Waals surface area contributed by atoms with Gasteiger partial charge in [0.2, 0.25) is 0 Å². The normalized spacial score (nSPS) is 18.9. The molecule has 2 aromatic rings. The Kier molecular flexibility index (Phi) is 5.44. The summed E-state index contributed by atoms with van der Waals surface area (Å²) in [6.07, 6.45) is 3.42. The largest absolute Gasteiger partial charge is 0.337 e. The molecule has 0 spiro atoms. The molecular formula is C23H29N3O. The summed E-state index contributed by atoms with van der Waals surface area (Å²) in [5.41, 5.74) is 2.92. The standard InChI is InChI=1S/C23H29N3O/c27-22(24-19-23(12-13-23)21-9-5-2-6-10-21)26-17-15-25(16-18-26)14-11-20-7-3-1-4-8-20/h1-10H,11-19H2,(H,24,27). The molecule has 2 fully saturated rings. The van der Waals surface area contributed by atoms with Crippen LogP contribution < -0.4 is 5.32 Å². The molecule has 0 aromatic heterocycles. The van der Waals surface area contributed by atoms with Gasteiger partial charge < -0.3 is 10.2 Å². The molecule has 0 atom stereocenters. The topological polar surface area (TPSA) is 35.6 Å². The highest BCUT2D eigenvalue weighted by Gasteiger charge is 2.44. The molecule has 2 aliphatic rings. The fourth-order valence-electron chi connectivity index (χ4n) is 3.97. The highest BCUT2D eigenvalue weighted by Crippen LogP contribution is 2.47. The van der Waals surface area contributed by atoms with E-state index < -0.39 is 0 Å². The van der Waals surface area contributed by atoms with Crippen LogP contribution in [0, 0.1) is 0 Å². The number of nitrogens with zero attached hydrogens (tertiary/aromatic N) is 2. The number of carbonyl (C=O) groups excluding carboxylic acids is 1. The molecule has 0 radical (unpaired) electrons. The zero-order valence-corrected chi connectivity index (χ0v) is 15.9. The van der Waals surface area contributed by atoms with E-state index in [9.17, 15) is 4.79 Å². The monoisotopic (exact) mass is 363 g/mol. The van der Waals surface area contributed by atoms with E-state index >= 15 is 0 Å². The molecule has 142 valence electrons. The molecular weight excluding hydrogens is 334 g/mol. The third-order valence-corrected chi connectivity index (χ3v) is 6.04. The Morgan fingerprint density at radius 1 is 0.889 bits per heavy atom. The van der Waals surface area contributed by atoms with E-state index in [1.165, 1.54) is 24.0 Å². The molecule has 1 heterocycles. The molecule has 4 rings (SSSR count). The summed E-state index contributed by atoms with van der Waals surface area (Å²) >= 11 is 0. The molecule has 1 aliphatic heterocycles. The van der Waals surface area contributed by atoms with Gasteiger partial charge in [-0.2, -0.15) is 0 Å². The summed E-state index contributed by atoms with van der Waals surface area (Å²) in [4.78, 5) is 17.0. The van der Waals surface area contributed by atoms with Crippen LogP contribution in [-0.2, 0) is 11.8 Å². The quantitative estimate of drug-likeness (QED) is 0.855. The molecule has 2 amide bonds. The number of nitrogens with one attached hydrogen (secondary N) is 1. The van der Waals surface area contributed by atoms with Gasteiger partial charge in [-0.25, -0.2) is 4.79 Å². The number of urea groups is 1. The highest BCUT2D eigenvalue weighted by atomic mass is 16.2. The average Bonchev–Trinajstić information content (AvgIpc) is 3.54. The van der Waals surface area contributed by atoms with Crippen molar-refractivity contribution in [2.24, 2.45) is 0 Å². The second-order valence-electron chi connectivity index (χ2n) is 7.87. The molecule has 1 saturated carbocycles. The smallest absolute Gasteiger partial charge is 0.317 e. The molecule has 0 bridgehead atoms. The Labute approximate surface area is 162 Å². The van der Waals surface area contributed by atoms with Gasteiger partial charge in [0.15, 0.2) is 0 Å². The van der Waals surface area contributed by atoms with E-state index in [0.29, 0.717) is 0 Å². The van der Waals surface area contributed by atoms with Crippen LogP contribution in [0.3, 0.4) is 0 Å². The first kappa shape index (κ1) is 18.1. The lowest BCUT2D eigenvalue weighted by atomic mass is 9.96. The van der Waals surface area contributed by atoms with Crippen molar-refractivity contribution in [2.75, 3.05) is 39.3 Å². The second-order valence-corrected chi connectivity index (χ2v) is 7.87. The summed E-state index contributed by atoms with van der Waals surface area (Å²) in [6.45, 7) is 5.38. The van der Waals surface area contributed by atoms with Crippen LogP contribution in [-0.4, -0.2) is 55.1 Å². The molecule has 4 heteroatoms. The predicted molar refractivity (Wildman–Crippen MR) is 109 cm³/mol. The maximum Gasteiger partial charge on any atom is 0.317 e. The summed E-state index contributed by atoms with van der Waals surface area (Å²) in [7, 11) is 0. The van der Waals surface area contributed by atoms with E-state index in [0.717, 1.165) is 45.7 Å². The van der Waals surface area contributed by atoms with Gasteiger partial charge in [-0.15, -0.1) is 0 Å². The van der Waals surface area contributed by atoms with Crippen LogP contribution in [0.1, 0.15) is 24.0 Å². The lowest BCUT2D eigenvalue weighted by molar-refractivity contribution is 0.139. The van der Waals surface area contributed by atoms with Crippen molar-refractivity contribution in [1.82, 2.24) is 15.1 Å². The molecule has 4 nitrogen and oxygen atoms in total. The van der Waals surface area contributed by atoms with Crippen LogP contribution >= 0.6 is 0 Å². The lowest BCUT2D eigenvalue weighted by Gasteiger charge is -2.35. The molecule has 27 heavy (non-hydrogen) atoms. The Balaban J connectivity index is 1.20. The molecule has 2 aromatic carbocycles. The fraction of sp³-hybridized carbons (Fsp3) is 0.435. The first-order valence-corrected chi connectivity index (χ1v) is 10.1. The van der Waals surface area contributed by atoms with Gasteiger partial charge in [0.25, 0.3) is 0 Å². The Morgan fingerprint density at radius 2 is 1.52 bits per heavy atom. The van der Waals surface area contributed by atoms with Crippen molar-refractivity contribution in [3.05, 3.63) is 71.8 Å². The van der Waals surface area contributed by atoms with Gasteiger partial charge in [0.1, 0.15) is 0 Å². The van der Waals surface area contributed by atoms with Gasteiger partial charge in [0, 0.05) is 44.7 Å². The van der Waals surface area contributed by atoms with Crippen LogP contribution in [0.4, 0.5) is 4.79 Å². The number of hydrogen-bond donors (Lipinski definition) is 1. The number of benzene rings is 2. The van der Waals surface area contributed by atoms with Crippen molar-refractivity contribution in [1.29, 1.82) is 0 Å². The van der Waals surface area contributed by atoms with Gasteiger partial charge in [-0.3, -0.25) is 4.90 Å². The zero-order chi connectivity index (χ0) is 18.5. The maximum absolute atomic E-state index is 12.6. The molecule has 1 saturated heterocycles. The van der Waals surface area contributed by atoms with Gasteiger partial charge >= 0.3 is 6.03 Å². The van der Waals surface area contributed by atoms with Crippen molar-refractivity contribution < 1.29 is 4.79 Å². The number of piperazine rings is 1. The predicted octanol–water partition coefficient (Wildman–Crippen LogP) is 3.29. The van der Waals surface area contributed by atoms with Crippen LogP contribution in [0.25, 0.3) is 0 Å². The highest BCUT2D eigenvalue weighted by molar-refractivity contribution is 5.74. The third kappa shape index (κ3) is 4.51. The molecule has 0 unspecified atom stereocenters. The van der Waals surface area contributed by atoms with E-state index in [1.54, 1.807) is 0 Å². The maximum atomic E-state index is 12.6. The minimum atomic E-state index is 0.0971. The van der Waals surface area contributed by atoms with Gasteiger partial charge in [-0.1, -0.05) is 60.7 Å². The minimum absolute atomic E-state index is 0.0971. The average molecular weight is 364 g/mol. The lowest BCUT2D eigenvalue weighted by Crippen LogP contribution is -2.52.